The Morgan fingerprint density at radius 1 is 1.39 bits per heavy atom. The second-order valence-corrected chi connectivity index (χ2v) is 7.73. The van der Waals surface area contributed by atoms with Crippen LogP contribution in [0, 0.1) is 0 Å². The Morgan fingerprint density at radius 3 is 2.64 bits per heavy atom. The van der Waals surface area contributed by atoms with Gasteiger partial charge in [-0.25, -0.2) is 9.59 Å². The van der Waals surface area contributed by atoms with E-state index in [4.69, 9.17) is 26.2 Å². The van der Waals surface area contributed by atoms with Crippen molar-refractivity contribution < 1.29 is 33.8 Å². The minimum absolute atomic E-state index is 0.114. The van der Waals surface area contributed by atoms with Crippen molar-refractivity contribution in [3.63, 3.8) is 0 Å². The highest BCUT2D eigenvalue weighted by Gasteiger charge is 2.41. The smallest absolute Gasteiger partial charge is 0.341 e. The highest BCUT2D eigenvalue weighted by atomic mass is 79.9. The lowest BCUT2D eigenvalue weighted by molar-refractivity contribution is -0.150. The van der Waals surface area contributed by atoms with Crippen LogP contribution in [0.1, 0.15) is 19.4 Å². The summed E-state index contributed by atoms with van der Waals surface area (Å²) >= 11 is 10.0. The number of amides is 2. The van der Waals surface area contributed by atoms with Gasteiger partial charge in [-0.05, 0) is 65.3 Å². The summed E-state index contributed by atoms with van der Waals surface area (Å²) < 4.78 is 10.3. The van der Waals surface area contributed by atoms with E-state index in [1.54, 1.807) is 13.0 Å². The lowest BCUT2D eigenvalue weighted by atomic mass is 10.2. The van der Waals surface area contributed by atoms with Gasteiger partial charge in [-0.3, -0.25) is 14.5 Å². The van der Waals surface area contributed by atoms with Crippen molar-refractivity contribution in [3.8, 4) is 5.75 Å². The largest absolute Gasteiger partial charge is 0.479 e. The molecular formula is C17H15BrClNO7S. The molecule has 0 aliphatic carbocycles. The minimum atomic E-state index is -1.16. The number of thioether (sulfide) groups is 1. The van der Waals surface area contributed by atoms with E-state index < -0.39 is 35.7 Å². The van der Waals surface area contributed by atoms with E-state index in [1.165, 1.54) is 19.1 Å². The van der Waals surface area contributed by atoms with Crippen LogP contribution in [-0.4, -0.2) is 52.3 Å². The standard InChI is InChI=1S/C17H15BrClNO7S/c1-3-26-16(24)8(2)20-15(23)12(28-17(20)25)6-9-4-10(18)14(11(19)5-9)27-7-13(21)22/h4-6,8H,3,7H2,1-2H3,(H,21,22)/b12-6-. The van der Waals surface area contributed by atoms with E-state index in [0.717, 1.165) is 4.90 Å². The minimum Gasteiger partial charge on any atom is -0.479 e. The summed E-state index contributed by atoms with van der Waals surface area (Å²) in [6.45, 7) is 2.61. The summed E-state index contributed by atoms with van der Waals surface area (Å²) in [4.78, 5) is 48.2. The molecule has 8 nitrogen and oxygen atoms in total. The monoisotopic (exact) mass is 491 g/mol. The van der Waals surface area contributed by atoms with Gasteiger partial charge in [-0.2, -0.15) is 0 Å². The molecule has 0 bridgehead atoms. The first-order valence-corrected chi connectivity index (χ1v) is 9.91. The predicted octanol–water partition coefficient (Wildman–Crippen LogP) is 3.55. The topological polar surface area (TPSA) is 110 Å². The number of carbonyl (C=O) groups is 4. The Hall–Kier alpha value is -2.04. The van der Waals surface area contributed by atoms with Crippen LogP contribution in [0.5, 0.6) is 5.75 Å². The molecule has 1 atom stereocenters. The maximum atomic E-state index is 12.6. The third-order valence-electron chi connectivity index (χ3n) is 3.50. The molecule has 1 heterocycles. The predicted molar refractivity (Wildman–Crippen MR) is 106 cm³/mol. The summed E-state index contributed by atoms with van der Waals surface area (Å²) in [7, 11) is 0. The number of hydrogen-bond acceptors (Lipinski definition) is 7. The molecule has 1 aromatic rings. The number of imide groups is 1. The van der Waals surface area contributed by atoms with Crippen LogP contribution in [-0.2, 0) is 19.1 Å². The zero-order valence-corrected chi connectivity index (χ0v) is 17.9. The van der Waals surface area contributed by atoms with Crippen molar-refractivity contribution in [1.29, 1.82) is 0 Å². The number of benzene rings is 1. The number of nitrogens with zero attached hydrogens (tertiary/aromatic N) is 1. The molecular weight excluding hydrogens is 478 g/mol. The van der Waals surface area contributed by atoms with E-state index in [9.17, 15) is 19.2 Å². The van der Waals surface area contributed by atoms with Crippen LogP contribution in [0.2, 0.25) is 5.02 Å². The molecule has 1 fully saturated rings. The normalized spacial score (nSPS) is 16.4. The second kappa shape index (κ2) is 9.44. The molecule has 150 valence electrons. The van der Waals surface area contributed by atoms with Crippen molar-refractivity contribution in [3.05, 3.63) is 32.1 Å². The lowest BCUT2D eigenvalue weighted by Gasteiger charge is -2.19. The average molecular weight is 493 g/mol. The third kappa shape index (κ3) is 5.06. The molecule has 0 radical (unpaired) electrons. The van der Waals surface area contributed by atoms with Gasteiger partial charge < -0.3 is 14.6 Å². The molecule has 0 saturated carbocycles. The molecule has 0 spiro atoms. The molecule has 28 heavy (non-hydrogen) atoms. The molecule has 1 aliphatic heterocycles. The molecule has 2 amide bonds. The van der Waals surface area contributed by atoms with E-state index in [2.05, 4.69) is 15.9 Å². The van der Waals surface area contributed by atoms with Crippen LogP contribution in [0.3, 0.4) is 0 Å². The molecule has 1 aromatic carbocycles. The average Bonchev–Trinajstić information content (AvgIpc) is 2.87. The van der Waals surface area contributed by atoms with Gasteiger partial charge in [0.1, 0.15) is 6.04 Å². The van der Waals surface area contributed by atoms with Gasteiger partial charge in [0, 0.05) is 0 Å². The van der Waals surface area contributed by atoms with Gasteiger partial charge in [0.15, 0.2) is 12.4 Å². The first kappa shape index (κ1) is 22.3. The van der Waals surface area contributed by atoms with Crippen molar-refractivity contribution in [1.82, 2.24) is 4.90 Å². The Bertz CT molecular complexity index is 850. The zero-order chi connectivity index (χ0) is 21.0. The van der Waals surface area contributed by atoms with Crippen molar-refractivity contribution in [2.45, 2.75) is 19.9 Å². The fraction of sp³-hybridized carbons (Fsp3) is 0.294. The maximum absolute atomic E-state index is 12.6. The van der Waals surface area contributed by atoms with Crippen molar-refractivity contribution >= 4 is 68.5 Å². The summed E-state index contributed by atoms with van der Waals surface area (Å²) in [6.07, 6.45) is 1.44. The third-order valence-corrected chi connectivity index (χ3v) is 5.25. The van der Waals surface area contributed by atoms with Crippen molar-refractivity contribution in [2.24, 2.45) is 0 Å². The number of carboxylic acid groups (broad SMARTS) is 1. The Kier molecular flexibility index (Phi) is 7.50. The molecule has 0 aromatic heterocycles. The fourth-order valence-corrected chi connectivity index (χ4v) is 4.17. The molecule has 1 saturated heterocycles. The Labute approximate surface area is 177 Å². The van der Waals surface area contributed by atoms with E-state index >= 15 is 0 Å². The van der Waals surface area contributed by atoms with Crippen LogP contribution in [0.4, 0.5) is 4.79 Å². The quantitative estimate of drug-likeness (QED) is 0.454. The van der Waals surface area contributed by atoms with Gasteiger partial charge in [-0.15, -0.1) is 0 Å². The molecule has 11 heteroatoms. The van der Waals surface area contributed by atoms with Gasteiger partial charge in [0.05, 0.1) is 21.0 Å². The Balaban J connectivity index is 2.26. The number of carbonyl (C=O) groups excluding carboxylic acids is 3. The van der Waals surface area contributed by atoms with E-state index in [0.29, 0.717) is 21.8 Å². The second-order valence-electron chi connectivity index (χ2n) is 5.48. The molecule has 1 aliphatic rings. The number of hydrogen-bond donors (Lipinski definition) is 1. The maximum Gasteiger partial charge on any atom is 0.341 e. The zero-order valence-electron chi connectivity index (χ0n) is 14.7. The molecule has 1 N–H and O–H groups in total. The summed E-state index contributed by atoms with van der Waals surface area (Å²) in [5.74, 6) is -2.30. The van der Waals surface area contributed by atoms with Gasteiger partial charge >= 0.3 is 11.9 Å². The van der Waals surface area contributed by atoms with Gasteiger partial charge in [0.2, 0.25) is 0 Å². The van der Waals surface area contributed by atoms with Crippen LogP contribution in [0.15, 0.2) is 21.5 Å². The van der Waals surface area contributed by atoms with Crippen molar-refractivity contribution in [2.75, 3.05) is 13.2 Å². The van der Waals surface area contributed by atoms with Crippen LogP contribution >= 0.6 is 39.3 Å². The first-order chi connectivity index (χ1) is 13.1. The fourth-order valence-electron chi connectivity index (χ4n) is 2.27. The van der Waals surface area contributed by atoms with Gasteiger partial charge in [0.25, 0.3) is 11.1 Å². The number of esters is 1. The Morgan fingerprint density at radius 2 is 2.07 bits per heavy atom. The summed E-state index contributed by atoms with van der Waals surface area (Å²) in [5.41, 5.74) is 0.480. The molecule has 1 unspecified atom stereocenters. The molecule has 2 rings (SSSR count). The summed E-state index contributed by atoms with van der Waals surface area (Å²) in [5, 5.41) is 8.24. The first-order valence-electron chi connectivity index (χ1n) is 7.93. The highest BCUT2D eigenvalue weighted by molar-refractivity contribution is 9.10. The van der Waals surface area contributed by atoms with Crippen LogP contribution in [0.25, 0.3) is 6.08 Å². The van der Waals surface area contributed by atoms with E-state index in [-0.39, 0.29) is 22.3 Å². The lowest BCUT2D eigenvalue weighted by Crippen LogP contribution is -2.42. The number of aliphatic carboxylic acids is 1. The number of halogens is 2. The number of rotatable bonds is 7. The number of carboxylic acids is 1. The van der Waals surface area contributed by atoms with Gasteiger partial charge in [-0.1, -0.05) is 11.6 Å². The SMILES string of the molecule is CCOC(=O)C(C)N1C(=O)S/C(=C\c2cc(Cl)c(OCC(=O)O)c(Br)c2)C1=O. The highest BCUT2D eigenvalue weighted by Crippen LogP contribution is 2.38. The summed E-state index contributed by atoms with van der Waals surface area (Å²) in [6, 6.07) is 1.98. The number of ether oxygens (including phenoxy) is 2. The van der Waals surface area contributed by atoms with Crippen LogP contribution < -0.4 is 4.74 Å². The van der Waals surface area contributed by atoms with E-state index in [1.807, 2.05) is 0 Å².